The first-order chi connectivity index (χ1) is 7.83. The van der Waals surface area contributed by atoms with Gasteiger partial charge in [-0.1, -0.05) is 11.6 Å². The molecule has 16 heavy (non-hydrogen) atoms. The molecule has 0 spiro atoms. The Hall–Kier alpha value is -1.06. The van der Waals surface area contributed by atoms with Crippen LogP contribution in [0, 0.1) is 0 Å². The SMILES string of the molecule is Clc1ccc(C2=NC3CCNCC3N2)cc1. The van der Waals surface area contributed by atoms with E-state index >= 15 is 0 Å². The number of benzene rings is 1. The fourth-order valence-electron chi connectivity index (χ4n) is 2.29. The van der Waals surface area contributed by atoms with Crippen molar-refractivity contribution in [2.45, 2.75) is 18.5 Å². The average Bonchev–Trinajstić information content (AvgIpc) is 2.73. The Bertz CT molecular complexity index is 413. The van der Waals surface area contributed by atoms with E-state index < -0.39 is 0 Å². The van der Waals surface area contributed by atoms with Gasteiger partial charge in [0.2, 0.25) is 0 Å². The number of hydrogen-bond acceptors (Lipinski definition) is 3. The molecule has 2 heterocycles. The third-order valence-corrected chi connectivity index (χ3v) is 3.43. The fraction of sp³-hybridized carbons (Fsp3) is 0.417. The molecule has 2 unspecified atom stereocenters. The minimum absolute atomic E-state index is 0.437. The van der Waals surface area contributed by atoms with E-state index in [0.29, 0.717) is 12.1 Å². The van der Waals surface area contributed by atoms with Crippen molar-refractivity contribution in [3.63, 3.8) is 0 Å². The molecule has 1 fully saturated rings. The maximum Gasteiger partial charge on any atom is 0.128 e. The number of halogens is 1. The summed E-state index contributed by atoms with van der Waals surface area (Å²) in [6.45, 7) is 2.07. The summed E-state index contributed by atoms with van der Waals surface area (Å²) in [5, 5.41) is 7.62. The van der Waals surface area contributed by atoms with Crippen LogP contribution in [0.1, 0.15) is 12.0 Å². The highest BCUT2D eigenvalue weighted by Crippen LogP contribution is 2.18. The van der Waals surface area contributed by atoms with Crippen LogP contribution < -0.4 is 10.6 Å². The number of aliphatic imine (C=N–C) groups is 1. The summed E-state index contributed by atoms with van der Waals surface area (Å²) < 4.78 is 0. The van der Waals surface area contributed by atoms with Crippen molar-refractivity contribution in [2.75, 3.05) is 13.1 Å². The molecule has 3 nitrogen and oxygen atoms in total. The molecule has 0 aromatic heterocycles. The van der Waals surface area contributed by atoms with Gasteiger partial charge in [-0.2, -0.15) is 0 Å². The molecule has 4 heteroatoms. The van der Waals surface area contributed by atoms with E-state index in [1.807, 2.05) is 24.3 Å². The van der Waals surface area contributed by atoms with Crippen LogP contribution in [-0.2, 0) is 0 Å². The molecular formula is C12H14ClN3. The first kappa shape index (κ1) is 10.1. The van der Waals surface area contributed by atoms with E-state index in [2.05, 4.69) is 10.6 Å². The predicted octanol–water partition coefficient (Wildman–Crippen LogP) is 1.42. The fourth-order valence-corrected chi connectivity index (χ4v) is 2.42. The van der Waals surface area contributed by atoms with Crippen molar-refractivity contribution in [2.24, 2.45) is 4.99 Å². The standard InChI is InChI=1S/C12H14ClN3/c13-9-3-1-8(2-4-9)12-15-10-5-6-14-7-11(10)16-12/h1-4,10-11,14H,5-7H2,(H,15,16). The smallest absolute Gasteiger partial charge is 0.128 e. The van der Waals surface area contributed by atoms with Crippen LogP contribution >= 0.6 is 11.6 Å². The Balaban J connectivity index is 1.83. The molecule has 0 radical (unpaired) electrons. The summed E-state index contributed by atoms with van der Waals surface area (Å²) in [6.07, 6.45) is 1.12. The molecule has 0 aliphatic carbocycles. The van der Waals surface area contributed by atoms with E-state index in [9.17, 15) is 0 Å². The highest BCUT2D eigenvalue weighted by atomic mass is 35.5. The lowest BCUT2D eigenvalue weighted by atomic mass is 10.0. The van der Waals surface area contributed by atoms with E-state index in [1.165, 1.54) is 0 Å². The molecule has 1 aromatic carbocycles. The Kier molecular flexibility index (Phi) is 2.58. The van der Waals surface area contributed by atoms with Gasteiger partial charge in [-0.05, 0) is 37.2 Å². The van der Waals surface area contributed by atoms with Crippen LogP contribution in [0.3, 0.4) is 0 Å². The van der Waals surface area contributed by atoms with E-state index in [-0.39, 0.29) is 0 Å². The van der Waals surface area contributed by atoms with E-state index in [4.69, 9.17) is 16.6 Å². The molecule has 0 saturated carbocycles. The van der Waals surface area contributed by atoms with Crippen molar-refractivity contribution < 1.29 is 0 Å². The highest BCUT2D eigenvalue weighted by molar-refractivity contribution is 6.30. The van der Waals surface area contributed by atoms with Gasteiger partial charge in [-0.15, -0.1) is 0 Å². The number of nitrogens with zero attached hydrogens (tertiary/aromatic N) is 1. The topological polar surface area (TPSA) is 36.4 Å². The Labute approximate surface area is 99.9 Å². The molecular weight excluding hydrogens is 222 g/mol. The average molecular weight is 236 g/mol. The zero-order valence-electron chi connectivity index (χ0n) is 8.91. The second-order valence-electron chi connectivity index (χ2n) is 4.30. The van der Waals surface area contributed by atoms with Crippen molar-refractivity contribution in [1.29, 1.82) is 0 Å². The Morgan fingerprint density at radius 3 is 2.81 bits per heavy atom. The highest BCUT2D eigenvalue weighted by Gasteiger charge is 2.30. The second-order valence-corrected chi connectivity index (χ2v) is 4.73. The molecule has 2 N–H and O–H groups in total. The van der Waals surface area contributed by atoms with Crippen LogP contribution in [0.5, 0.6) is 0 Å². The molecule has 0 bridgehead atoms. The third kappa shape index (κ3) is 1.81. The molecule has 2 atom stereocenters. The van der Waals surface area contributed by atoms with Gasteiger partial charge in [0, 0.05) is 17.1 Å². The molecule has 84 valence electrons. The minimum atomic E-state index is 0.437. The van der Waals surface area contributed by atoms with Gasteiger partial charge in [0.05, 0.1) is 12.1 Å². The molecule has 0 amide bonds. The number of piperidine rings is 1. The van der Waals surface area contributed by atoms with Crippen molar-refractivity contribution in [3.8, 4) is 0 Å². The summed E-state index contributed by atoms with van der Waals surface area (Å²) in [6, 6.07) is 8.73. The molecule has 2 aliphatic heterocycles. The Morgan fingerprint density at radius 1 is 1.25 bits per heavy atom. The third-order valence-electron chi connectivity index (χ3n) is 3.18. The first-order valence-corrected chi connectivity index (χ1v) is 6.02. The Morgan fingerprint density at radius 2 is 2.06 bits per heavy atom. The van der Waals surface area contributed by atoms with Gasteiger partial charge in [-0.3, -0.25) is 4.99 Å². The molecule has 1 aromatic rings. The second kappa shape index (κ2) is 4.07. The van der Waals surface area contributed by atoms with Crippen LogP contribution in [0.4, 0.5) is 0 Å². The summed E-state index contributed by atoms with van der Waals surface area (Å²) in [7, 11) is 0. The predicted molar refractivity (Wildman–Crippen MR) is 66.2 cm³/mol. The maximum absolute atomic E-state index is 5.87. The first-order valence-electron chi connectivity index (χ1n) is 5.64. The lowest BCUT2D eigenvalue weighted by molar-refractivity contribution is 0.402. The zero-order valence-corrected chi connectivity index (χ0v) is 9.67. The normalized spacial score (nSPS) is 28.2. The van der Waals surface area contributed by atoms with E-state index in [0.717, 1.165) is 35.9 Å². The van der Waals surface area contributed by atoms with Crippen LogP contribution in [-0.4, -0.2) is 31.0 Å². The molecule has 3 rings (SSSR count). The van der Waals surface area contributed by atoms with Crippen LogP contribution in [0.25, 0.3) is 0 Å². The van der Waals surface area contributed by atoms with Gasteiger partial charge < -0.3 is 10.6 Å². The summed E-state index contributed by atoms with van der Waals surface area (Å²) in [4.78, 5) is 4.73. The van der Waals surface area contributed by atoms with Crippen LogP contribution in [0.15, 0.2) is 29.3 Å². The maximum atomic E-state index is 5.87. The van der Waals surface area contributed by atoms with Gasteiger partial charge in [0.1, 0.15) is 5.84 Å². The number of amidine groups is 1. The number of rotatable bonds is 1. The van der Waals surface area contributed by atoms with Gasteiger partial charge in [-0.25, -0.2) is 0 Å². The largest absolute Gasteiger partial charge is 0.364 e. The monoisotopic (exact) mass is 235 g/mol. The summed E-state index contributed by atoms with van der Waals surface area (Å²) >= 11 is 5.87. The van der Waals surface area contributed by atoms with E-state index in [1.54, 1.807) is 0 Å². The molecule has 1 saturated heterocycles. The number of fused-ring (bicyclic) bond motifs is 1. The van der Waals surface area contributed by atoms with Crippen molar-refractivity contribution in [1.82, 2.24) is 10.6 Å². The lowest BCUT2D eigenvalue weighted by Crippen LogP contribution is -2.48. The number of nitrogens with one attached hydrogen (secondary N) is 2. The van der Waals surface area contributed by atoms with Crippen LogP contribution in [0.2, 0.25) is 5.02 Å². The number of hydrogen-bond donors (Lipinski definition) is 2. The van der Waals surface area contributed by atoms with Crippen molar-refractivity contribution in [3.05, 3.63) is 34.9 Å². The molecule has 2 aliphatic rings. The van der Waals surface area contributed by atoms with Gasteiger partial charge >= 0.3 is 0 Å². The summed E-state index contributed by atoms with van der Waals surface area (Å²) in [5.41, 5.74) is 1.12. The zero-order chi connectivity index (χ0) is 11.0. The van der Waals surface area contributed by atoms with Crippen molar-refractivity contribution >= 4 is 17.4 Å². The van der Waals surface area contributed by atoms with Gasteiger partial charge in [0.25, 0.3) is 0 Å². The minimum Gasteiger partial charge on any atom is -0.364 e. The van der Waals surface area contributed by atoms with Gasteiger partial charge in [0.15, 0.2) is 0 Å². The summed E-state index contributed by atoms with van der Waals surface area (Å²) in [5.74, 6) is 1.01. The lowest BCUT2D eigenvalue weighted by Gasteiger charge is -2.24. The quantitative estimate of drug-likeness (QED) is 0.773.